The molecule has 0 aromatic heterocycles. The Kier molecular flexibility index (Phi) is 6.42. The van der Waals surface area contributed by atoms with Gasteiger partial charge in [0.05, 0.1) is 31.2 Å². The van der Waals surface area contributed by atoms with Crippen LogP contribution in [0.5, 0.6) is 11.5 Å². The van der Waals surface area contributed by atoms with E-state index in [1.807, 2.05) is 55.6 Å². The lowest BCUT2D eigenvalue weighted by Crippen LogP contribution is -2.11. The molecular formula is C26H27N3O3. The number of methoxy groups -OCH3 is 2. The van der Waals surface area contributed by atoms with E-state index in [1.54, 1.807) is 20.3 Å². The van der Waals surface area contributed by atoms with Crippen LogP contribution in [0.2, 0.25) is 0 Å². The molecule has 3 aromatic carbocycles. The molecule has 0 spiro atoms. The molecule has 0 bridgehead atoms. The van der Waals surface area contributed by atoms with Crippen molar-refractivity contribution in [2.24, 2.45) is 0 Å². The average Bonchev–Trinajstić information content (AvgIpc) is 3.15. The number of benzene rings is 3. The van der Waals surface area contributed by atoms with Gasteiger partial charge < -0.3 is 25.4 Å². The standard InChI is InChI=1S/C26H27N3O3/c1-27-14-13-17-9-11-19(12-10-17)28-25(18-7-5-4-6-8-18)24-20-15-22(31-2)23(32-3)16-21(20)29-26(24)30/h4-12,15-16,27-28H,13-14H2,1-3H3,(H,29,30)/b25-24-. The first kappa shape index (κ1) is 21.5. The summed E-state index contributed by atoms with van der Waals surface area (Å²) in [5, 5.41) is 9.62. The zero-order valence-electron chi connectivity index (χ0n) is 18.5. The zero-order chi connectivity index (χ0) is 22.5. The number of hydrogen-bond donors (Lipinski definition) is 3. The van der Waals surface area contributed by atoms with Gasteiger partial charge in [-0.25, -0.2) is 0 Å². The lowest BCUT2D eigenvalue weighted by Gasteiger charge is -2.16. The minimum atomic E-state index is -0.174. The van der Waals surface area contributed by atoms with E-state index in [0.29, 0.717) is 22.8 Å². The highest BCUT2D eigenvalue weighted by Crippen LogP contribution is 2.43. The van der Waals surface area contributed by atoms with E-state index in [-0.39, 0.29) is 5.91 Å². The van der Waals surface area contributed by atoms with Gasteiger partial charge in [0.1, 0.15) is 0 Å². The maximum Gasteiger partial charge on any atom is 0.258 e. The van der Waals surface area contributed by atoms with Crippen LogP contribution in [-0.4, -0.2) is 33.7 Å². The number of anilines is 2. The summed E-state index contributed by atoms with van der Waals surface area (Å²) >= 11 is 0. The SMILES string of the molecule is CNCCc1ccc(N/C(=C2\C(=O)Nc3cc(OC)c(OC)cc32)c2ccccc2)cc1. The van der Waals surface area contributed by atoms with Crippen molar-refractivity contribution >= 4 is 28.6 Å². The van der Waals surface area contributed by atoms with Crippen molar-refractivity contribution in [1.29, 1.82) is 0 Å². The second-order valence-electron chi connectivity index (χ2n) is 7.50. The molecule has 3 N–H and O–H groups in total. The summed E-state index contributed by atoms with van der Waals surface area (Å²) in [6.07, 6.45) is 0.959. The first-order valence-corrected chi connectivity index (χ1v) is 10.5. The van der Waals surface area contributed by atoms with E-state index in [9.17, 15) is 4.79 Å². The molecule has 1 aliphatic rings. The van der Waals surface area contributed by atoms with Crippen molar-refractivity contribution in [2.45, 2.75) is 6.42 Å². The number of carbonyl (C=O) groups is 1. The smallest absolute Gasteiger partial charge is 0.258 e. The fourth-order valence-corrected chi connectivity index (χ4v) is 3.80. The van der Waals surface area contributed by atoms with Crippen molar-refractivity contribution in [3.63, 3.8) is 0 Å². The summed E-state index contributed by atoms with van der Waals surface area (Å²) < 4.78 is 10.9. The van der Waals surface area contributed by atoms with Crippen LogP contribution in [0.1, 0.15) is 16.7 Å². The first-order valence-electron chi connectivity index (χ1n) is 10.5. The molecule has 1 heterocycles. The second kappa shape index (κ2) is 9.58. The molecule has 1 aliphatic heterocycles. The number of ether oxygens (including phenoxy) is 2. The minimum Gasteiger partial charge on any atom is -0.493 e. The fraction of sp³-hybridized carbons (Fsp3) is 0.192. The third kappa shape index (κ3) is 4.31. The van der Waals surface area contributed by atoms with E-state index in [0.717, 1.165) is 35.5 Å². The number of likely N-dealkylation sites (N-methyl/N-ethyl adjacent to an activating group) is 1. The highest BCUT2D eigenvalue weighted by molar-refractivity contribution is 6.37. The molecule has 3 aromatic rings. The summed E-state index contributed by atoms with van der Waals surface area (Å²) in [4.78, 5) is 13.1. The van der Waals surface area contributed by atoms with Crippen LogP contribution in [0.25, 0.3) is 11.3 Å². The molecule has 0 fully saturated rings. The Morgan fingerprint density at radius 1 is 0.938 bits per heavy atom. The van der Waals surface area contributed by atoms with Gasteiger partial charge in [0.25, 0.3) is 5.91 Å². The van der Waals surface area contributed by atoms with Gasteiger partial charge in [0, 0.05) is 17.3 Å². The Labute approximate surface area is 188 Å². The Balaban J connectivity index is 1.80. The van der Waals surface area contributed by atoms with Crippen LogP contribution >= 0.6 is 0 Å². The molecule has 6 nitrogen and oxygen atoms in total. The van der Waals surface area contributed by atoms with Crippen molar-refractivity contribution < 1.29 is 14.3 Å². The molecule has 1 amide bonds. The van der Waals surface area contributed by atoms with Crippen LogP contribution in [-0.2, 0) is 11.2 Å². The number of nitrogens with one attached hydrogen (secondary N) is 3. The molecule has 32 heavy (non-hydrogen) atoms. The fourth-order valence-electron chi connectivity index (χ4n) is 3.80. The predicted molar refractivity (Wildman–Crippen MR) is 129 cm³/mol. The van der Waals surface area contributed by atoms with E-state index in [1.165, 1.54) is 5.56 Å². The molecule has 0 radical (unpaired) electrons. The molecule has 0 saturated heterocycles. The van der Waals surface area contributed by atoms with E-state index in [2.05, 4.69) is 28.1 Å². The van der Waals surface area contributed by atoms with Crippen molar-refractivity contribution in [3.8, 4) is 11.5 Å². The minimum absolute atomic E-state index is 0.174. The van der Waals surface area contributed by atoms with Crippen molar-refractivity contribution in [3.05, 3.63) is 83.4 Å². The van der Waals surface area contributed by atoms with Gasteiger partial charge >= 0.3 is 0 Å². The van der Waals surface area contributed by atoms with Crippen LogP contribution in [0.15, 0.2) is 66.7 Å². The second-order valence-corrected chi connectivity index (χ2v) is 7.50. The van der Waals surface area contributed by atoms with E-state index in [4.69, 9.17) is 9.47 Å². The summed E-state index contributed by atoms with van der Waals surface area (Å²) in [6, 6.07) is 21.8. The highest BCUT2D eigenvalue weighted by Gasteiger charge is 2.30. The van der Waals surface area contributed by atoms with Gasteiger partial charge in [0.2, 0.25) is 0 Å². The molecule has 4 rings (SSSR count). The van der Waals surface area contributed by atoms with Crippen molar-refractivity contribution in [1.82, 2.24) is 5.32 Å². The quantitative estimate of drug-likeness (QED) is 0.463. The van der Waals surface area contributed by atoms with E-state index >= 15 is 0 Å². The monoisotopic (exact) mass is 429 g/mol. The van der Waals surface area contributed by atoms with Gasteiger partial charge in [-0.3, -0.25) is 4.79 Å². The Hall–Kier alpha value is -3.77. The first-order chi connectivity index (χ1) is 15.6. The number of rotatable bonds is 8. The molecule has 6 heteroatoms. The van der Waals surface area contributed by atoms with Crippen LogP contribution < -0.4 is 25.4 Å². The van der Waals surface area contributed by atoms with Gasteiger partial charge in [-0.05, 0) is 49.3 Å². The molecule has 164 valence electrons. The Morgan fingerprint density at radius 2 is 1.62 bits per heavy atom. The number of fused-ring (bicyclic) bond motifs is 1. The van der Waals surface area contributed by atoms with Gasteiger partial charge in [-0.2, -0.15) is 0 Å². The summed E-state index contributed by atoms with van der Waals surface area (Å²) in [5.74, 6) is 0.966. The van der Waals surface area contributed by atoms with E-state index < -0.39 is 0 Å². The average molecular weight is 430 g/mol. The summed E-state index contributed by atoms with van der Waals surface area (Å²) in [6.45, 7) is 0.925. The Morgan fingerprint density at radius 3 is 2.28 bits per heavy atom. The number of hydrogen-bond acceptors (Lipinski definition) is 5. The number of amides is 1. The topological polar surface area (TPSA) is 71.6 Å². The Bertz CT molecular complexity index is 1140. The van der Waals surface area contributed by atoms with Crippen LogP contribution in [0.4, 0.5) is 11.4 Å². The van der Waals surface area contributed by atoms with Crippen molar-refractivity contribution in [2.75, 3.05) is 38.4 Å². The maximum absolute atomic E-state index is 13.1. The lowest BCUT2D eigenvalue weighted by atomic mass is 9.99. The molecule has 0 unspecified atom stereocenters. The lowest BCUT2D eigenvalue weighted by molar-refractivity contribution is -0.110. The normalized spacial score (nSPS) is 13.9. The molecular weight excluding hydrogens is 402 g/mol. The maximum atomic E-state index is 13.1. The molecule has 0 aliphatic carbocycles. The van der Waals surface area contributed by atoms with Gasteiger partial charge in [-0.1, -0.05) is 42.5 Å². The van der Waals surface area contributed by atoms with Crippen LogP contribution in [0.3, 0.4) is 0 Å². The highest BCUT2D eigenvalue weighted by atomic mass is 16.5. The third-order valence-electron chi connectivity index (χ3n) is 5.47. The molecule has 0 saturated carbocycles. The largest absolute Gasteiger partial charge is 0.493 e. The van der Waals surface area contributed by atoms with Crippen LogP contribution in [0, 0.1) is 0 Å². The van der Waals surface area contributed by atoms with Gasteiger partial charge in [0.15, 0.2) is 11.5 Å². The number of carbonyl (C=O) groups excluding carboxylic acids is 1. The third-order valence-corrected chi connectivity index (χ3v) is 5.47. The summed E-state index contributed by atoms with van der Waals surface area (Å²) in [7, 11) is 5.11. The predicted octanol–water partition coefficient (Wildman–Crippen LogP) is 4.40. The molecule has 0 atom stereocenters. The summed E-state index contributed by atoms with van der Waals surface area (Å²) in [5.41, 5.74) is 5.83. The zero-order valence-corrected chi connectivity index (χ0v) is 18.5. The van der Waals surface area contributed by atoms with Gasteiger partial charge in [-0.15, -0.1) is 0 Å².